The number of amides is 1. The van der Waals surface area contributed by atoms with Crippen molar-refractivity contribution in [1.29, 1.82) is 0 Å². The molecular weight excluding hydrogens is 378 g/mol. The van der Waals surface area contributed by atoms with E-state index in [1.54, 1.807) is 24.3 Å². The van der Waals surface area contributed by atoms with Crippen molar-refractivity contribution in [3.8, 4) is 5.75 Å². The van der Waals surface area contributed by atoms with E-state index < -0.39 is 0 Å². The van der Waals surface area contributed by atoms with Crippen molar-refractivity contribution in [3.63, 3.8) is 0 Å². The predicted molar refractivity (Wildman–Crippen MR) is 121 cm³/mol. The van der Waals surface area contributed by atoms with Gasteiger partial charge in [0.05, 0.1) is 0 Å². The van der Waals surface area contributed by atoms with Crippen LogP contribution in [0.25, 0.3) is 0 Å². The molecule has 0 heterocycles. The first kappa shape index (κ1) is 25.9. The highest BCUT2D eigenvalue weighted by atomic mass is 16.3. The third-order valence-corrected chi connectivity index (χ3v) is 5.37. The van der Waals surface area contributed by atoms with Crippen molar-refractivity contribution >= 4 is 17.5 Å². The Morgan fingerprint density at radius 3 is 2.10 bits per heavy atom. The number of nitrogens with zero attached hydrogens (tertiary/aromatic N) is 1. The first-order valence-corrected chi connectivity index (χ1v) is 11.5. The summed E-state index contributed by atoms with van der Waals surface area (Å²) in [5.41, 5.74) is 0.878. The van der Waals surface area contributed by atoms with Gasteiger partial charge in [0.15, 0.2) is 0 Å². The molecule has 0 aromatic heterocycles. The highest BCUT2D eigenvalue weighted by molar-refractivity contribution is 5.82. The molecule has 1 amide bonds. The molecule has 0 saturated carbocycles. The van der Waals surface area contributed by atoms with Crippen LogP contribution < -0.4 is 0 Å². The molecule has 0 fully saturated rings. The number of phenols is 1. The zero-order valence-electron chi connectivity index (χ0n) is 18.8. The molecule has 5 nitrogen and oxygen atoms in total. The molecule has 1 rings (SSSR count). The number of rotatable bonds is 17. The van der Waals surface area contributed by atoms with Crippen molar-refractivity contribution in [3.05, 3.63) is 29.8 Å². The summed E-state index contributed by atoms with van der Waals surface area (Å²) in [5, 5.41) is 9.34. The molecule has 1 N–H and O–H groups in total. The van der Waals surface area contributed by atoms with Crippen LogP contribution in [0.15, 0.2) is 24.3 Å². The highest BCUT2D eigenvalue weighted by Crippen LogP contribution is 2.12. The number of benzene rings is 1. The molecule has 0 unspecified atom stereocenters. The zero-order chi connectivity index (χ0) is 22.2. The van der Waals surface area contributed by atoms with Crippen LogP contribution >= 0.6 is 0 Å². The molecule has 0 aliphatic carbocycles. The normalized spacial score (nSPS) is 10.7. The van der Waals surface area contributed by atoms with Gasteiger partial charge in [0.2, 0.25) is 5.91 Å². The van der Waals surface area contributed by atoms with Crippen LogP contribution in [0.1, 0.15) is 90.0 Å². The molecular formula is C25H39NO4. The molecule has 5 heteroatoms. The van der Waals surface area contributed by atoms with Crippen molar-refractivity contribution < 1.29 is 19.5 Å². The lowest BCUT2D eigenvalue weighted by Gasteiger charge is -2.22. The number of aromatic hydroxyl groups is 1. The Bertz CT molecular complexity index is 639. The SMILES string of the molecule is CCCCC(=O)N(CCCCCCCC(=O)CC)CCC(=O)Cc1ccc(O)cc1. The first-order valence-electron chi connectivity index (χ1n) is 11.5. The number of ketones is 2. The van der Waals surface area contributed by atoms with Gasteiger partial charge in [0.25, 0.3) is 0 Å². The molecule has 0 atom stereocenters. The van der Waals surface area contributed by atoms with Gasteiger partial charge in [-0.3, -0.25) is 14.4 Å². The minimum Gasteiger partial charge on any atom is -0.508 e. The Kier molecular flexibility index (Phi) is 13.5. The second kappa shape index (κ2) is 15.6. The summed E-state index contributed by atoms with van der Waals surface area (Å²) in [5.74, 6) is 0.771. The van der Waals surface area contributed by atoms with Gasteiger partial charge >= 0.3 is 0 Å². The number of carbonyl (C=O) groups is 3. The summed E-state index contributed by atoms with van der Waals surface area (Å²) >= 11 is 0. The lowest BCUT2D eigenvalue weighted by Crippen LogP contribution is -2.34. The van der Waals surface area contributed by atoms with Crippen LogP contribution in [-0.2, 0) is 20.8 Å². The largest absolute Gasteiger partial charge is 0.508 e. The molecule has 0 aliphatic rings. The van der Waals surface area contributed by atoms with Gasteiger partial charge in [0.1, 0.15) is 17.3 Å². The monoisotopic (exact) mass is 417 g/mol. The third-order valence-electron chi connectivity index (χ3n) is 5.37. The maximum absolute atomic E-state index is 12.5. The fraction of sp³-hybridized carbons (Fsp3) is 0.640. The van der Waals surface area contributed by atoms with Gasteiger partial charge in [-0.25, -0.2) is 0 Å². The Morgan fingerprint density at radius 1 is 0.767 bits per heavy atom. The Labute approximate surface area is 181 Å². The zero-order valence-corrected chi connectivity index (χ0v) is 18.8. The fourth-order valence-corrected chi connectivity index (χ4v) is 3.37. The van der Waals surface area contributed by atoms with E-state index in [0.717, 1.165) is 50.5 Å². The van der Waals surface area contributed by atoms with Crippen molar-refractivity contribution in [2.24, 2.45) is 0 Å². The van der Waals surface area contributed by atoms with Crippen LogP contribution in [0.5, 0.6) is 5.75 Å². The summed E-state index contributed by atoms with van der Waals surface area (Å²) in [4.78, 5) is 38.1. The van der Waals surface area contributed by atoms with Gasteiger partial charge in [-0.05, 0) is 37.0 Å². The Hall–Kier alpha value is -2.17. The average molecular weight is 418 g/mol. The maximum atomic E-state index is 12.5. The van der Waals surface area contributed by atoms with Crippen LogP contribution in [0.3, 0.4) is 0 Å². The van der Waals surface area contributed by atoms with E-state index in [2.05, 4.69) is 6.92 Å². The topological polar surface area (TPSA) is 74.7 Å². The molecule has 1 aromatic carbocycles. The molecule has 0 spiro atoms. The van der Waals surface area contributed by atoms with Crippen molar-refractivity contribution in [1.82, 2.24) is 4.90 Å². The summed E-state index contributed by atoms with van der Waals surface area (Å²) in [7, 11) is 0. The summed E-state index contributed by atoms with van der Waals surface area (Å²) in [6.07, 6.45) is 9.46. The second-order valence-corrected chi connectivity index (χ2v) is 8.03. The van der Waals surface area contributed by atoms with Crippen LogP contribution in [0, 0.1) is 0 Å². The Morgan fingerprint density at radius 2 is 1.43 bits per heavy atom. The van der Waals surface area contributed by atoms with E-state index in [4.69, 9.17) is 0 Å². The number of carbonyl (C=O) groups excluding carboxylic acids is 3. The average Bonchev–Trinajstić information content (AvgIpc) is 2.74. The Balaban J connectivity index is 2.37. The quantitative estimate of drug-likeness (QED) is 0.352. The minimum atomic E-state index is 0.106. The fourth-order valence-electron chi connectivity index (χ4n) is 3.37. The number of unbranched alkanes of at least 4 members (excludes halogenated alkanes) is 5. The van der Waals surface area contributed by atoms with E-state index in [0.29, 0.717) is 51.0 Å². The van der Waals surface area contributed by atoms with E-state index in [9.17, 15) is 19.5 Å². The van der Waals surface area contributed by atoms with Gasteiger partial charge in [0, 0.05) is 45.2 Å². The lowest BCUT2D eigenvalue weighted by atomic mass is 10.1. The van der Waals surface area contributed by atoms with Gasteiger partial charge in [-0.1, -0.05) is 51.7 Å². The van der Waals surface area contributed by atoms with E-state index in [-0.39, 0.29) is 17.4 Å². The van der Waals surface area contributed by atoms with Crippen molar-refractivity contribution in [2.75, 3.05) is 13.1 Å². The summed E-state index contributed by atoms with van der Waals surface area (Å²) < 4.78 is 0. The molecule has 0 bridgehead atoms. The molecule has 0 saturated heterocycles. The van der Waals surface area contributed by atoms with Crippen molar-refractivity contribution in [2.45, 2.75) is 90.9 Å². The van der Waals surface area contributed by atoms with Crippen LogP contribution in [0.4, 0.5) is 0 Å². The summed E-state index contributed by atoms with van der Waals surface area (Å²) in [6.45, 7) is 5.15. The number of Topliss-reactive ketones (excluding diaryl/α,β-unsaturated/α-hetero) is 2. The first-order chi connectivity index (χ1) is 14.5. The van der Waals surface area contributed by atoms with Gasteiger partial charge in [-0.2, -0.15) is 0 Å². The van der Waals surface area contributed by atoms with Gasteiger partial charge < -0.3 is 10.0 Å². The third kappa shape index (κ3) is 11.7. The predicted octanol–water partition coefficient (Wildman–Crippen LogP) is 5.23. The number of hydrogen-bond donors (Lipinski definition) is 1. The van der Waals surface area contributed by atoms with Gasteiger partial charge in [-0.15, -0.1) is 0 Å². The molecule has 0 radical (unpaired) electrons. The van der Waals surface area contributed by atoms with Crippen LogP contribution in [0.2, 0.25) is 0 Å². The second-order valence-electron chi connectivity index (χ2n) is 8.03. The van der Waals surface area contributed by atoms with E-state index in [1.165, 1.54) is 0 Å². The number of phenolic OH excluding ortho intramolecular Hbond substituents is 1. The maximum Gasteiger partial charge on any atom is 0.222 e. The smallest absolute Gasteiger partial charge is 0.222 e. The minimum absolute atomic E-state index is 0.106. The summed E-state index contributed by atoms with van der Waals surface area (Å²) in [6, 6.07) is 6.68. The molecule has 30 heavy (non-hydrogen) atoms. The molecule has 0 aliphatic heterocycles. The molecule has 168 valence electrons. The van der Waals surface area contributed by atoms with Crippen LogP contribution in [-0.4, -0.2) is 40.6 Å². The van der Waals surface area contributed by atoms with E-state index in [1.807, 2.05) is 11.8 Å². The molecule has 1 aromatic rings. The number of hydrogen-bond acceptors (Lipinski definition) is 4. The lowest BCUT2D eigenvalue weighted by molar-refractivity contribution is -0.132. The standard InChI is InChI=1S/C25H39NO4/c1-3-5-12-25(30)26(18-10-8-6-7-9-11-22(27)4-2)19-17-24(29)20-21-13-15-23(28)16-14-21/h13-16,28H,3-12,17-20H2,1-2H3. The highest BCUT2D eigenvalue weighted by Gasteiger charge is 2.14. The van der Waals surface area contributed by atoms with E-state index >= 15 is 0 Å².